The second-order valence-corrected chi connectivity index (χ2v) is 9.11. The molecule has 1 saturated carbocycles. The van der Waals surface area contributed by atoms with Crippen LogP contribution in [0, 0.1) is 12.8 Å². The zero-order valence-corrected chi connectivity index (χ0v) is 18.2. The molecule has 1 saturated heterocycles. The number of aryl methyl sites for hydroxylation is 1. The number of methoxy groups -OCH3 is 1. The van der Waals surface area contributed by atoms with Gasteiger partial charge < -0.3 is 20.1 Å². The van der Waals surface area contributed by atoms with Gasteiger partial charge in [0.25, 0.3) is 0 Å². The van der Waals surface area contributed by atoms with Crippen molar-refractivity contribution in [2.75, 3.05) is 32.1 Å². The average Bonchev–Trinajstić information content (AvgIpc) is 3.12. The minimum Gasteiger partial charge on any atom is -0.495 e. The van der Waals surface area contributed by atoms with E-state index in [-0.39, 0.29) is 24.1 Å². The second kappa shape index (κ2) is 9.28. The molecule has 30 heavy (non-hydrogen) atoms. The van der Waals surface area contributed by atoms with Gasteiger partial charge in [-0.1, -0.05) is 0 Å². The molecule has 0 aromatic carbocycles. The van der Waals surface area contributed by atoms with Crippen LogP contribution in [0.15, 0.2) is 24.4 Å². The zero-order chi connectivity index (χ0) is 21.1. The molecule has 2 fully saturated rings. The van der Waals surface area contributed by atoms with Crippen LogP contribution in [-0.2, 0) is 0 Å². The van der Waals surface area contributed by atoms with E-state index >= 15 is 0 Å². The minimum absolute atomic E-state index is 0.0110. The maximum absolute atomic E-state index is 12.6. The van der Waals surface area contributed by atoms with Crippen LogP contribution >= 0.6 is 11.5 Å². The van der Waals surface area contributed by atoms with Gasteiger partial charge >= 0.3 is 6.03 Å². The summed E-state index contributed by atoms with van der Waals surface area (Å²) in [5.41, 5.74) is 1.85. The maximum atomic E-state index is 12.6. The number of amides is 2. The zero-order valence-electron chi connectivity index (χ0n) is 17.4. The number of aliphatic hydroxyl groups excluding tert-OH is 1. The van der Waals surface area contributed by atoms with E-state index < -0.39 is 0 Å². The van der Waals surface area contributed by atoms with Gasteiger partial charge in [-0.2, -0.15) is 4.37 Å². The Hall–Kier alpha value is -2.23. The normalized spacial score (nSPS) is 26.6. The molecule has 3 heterocycles. The van der Waals surface area contributed by atoms with Crippen molar-refractivity contribution in [2.24, 2.45) is 5.92 Å². The van der Waals surface area contributed by atoms with Gasteiger partial charge in [-0.3, -0.25) is 10.3 Å². The Bertz CT molecular complexity index is 853. The molecule has 0 radical (unpaired) electrons. The summed E-state index contributed by atoms with van der Waals surface area (Å²) in [6.45, 7) is 4.64. The number of anilines is 1. The molecule has 1 aliphatic carbocycles. The summed E-state index contributed by atoms with van der Waals surface area (Å²) in [4.78, 5) is 19.6. The van der Waals surface area contributed by atoms with Crippen LogP contribution in [-0.4, -0.2) is 64.3 Å². The SMILES string of the molecule is COc1ccc([C@@H]2CN(CC3CC(O)C3)CC[C@H]2NC(=O)Nc2cc(C)ns2)nc1. The topological polar surface area (TPSA) is 99.6 Å². The third-order valence-corrected chi connectivity index (χ3v) is 6.78. The number of hydrogen-bond donors (Lipinski definition) is 3. The summed E-state index contributed by atoms with van der Waals surface area (Å²) in [6, 6.07) is 5.54. The molecule has 2 amide bonds. The molecule has 2 aromatic rings. The molecule has 0 bridgehead atoms. The molecular weight excluding hydrogens is 402 g/mol. The first-order valence-electron chi connectivity index (χ1n) is 10.4. The van der Waals surface area contributed by atoms with E-state index in [0.717, 1.165) is 61.0 Å². The number of carbonyl (C=O) groups is 1. The fourth-order valence-corrected chi connectivity index (χ4v) is 5.00. The van der Waals surface area contributed by atoms with Crippen LogP contribution in [0.25, 0.3) is 0 Å². The standard InChI is InChI=1S/C21H29N5O3S/c1-13-7-20(30-25-13)24-21(28)23-19-5-6-26(11-14-8-15(27)9-14)12-17(19)18-4-3-16(29-2)10-22-18/h3-4,7,10,14-15,17,19,27H,5-6,8-9,11-12H2,1-2H3,(H2,23,24,28)/t14?,15?,17-,19+/m0/s1. The highest BCUT2D eigenvalue weighted by Crippen LogP contribution is 2.32. The molecule has 162 valence electrons. The quantitative estimate of drug-likeness (QED) is 0.650. The van der Waals surface area contributed by atoms with Crippen molar-refractivity contribution in [1.82, 2.24) is 19.6 Å². The number of hydrogen-bond acceptors (Lipinski definition) is 7. The number of carbonyl (C=O) groups excluding carboxylic acids is 1. The van der Waals surface area contributed by atoms with Gasteiger partial charge in [0, 0.05) is 37.3 Å². The van der Waals surface area contributed by atoms with Gasteiger partial charge in [0.15, 0.2) is 0 Å². The number of aliphatic hydroxyl groups is 1. The number of urea groups is 1. The number of pyridine rings is 1. The van der Waals surface area contributed by atoms with Gasteiger partial charge in [0.2, 0.25) is 0 Å². The van der Waals surface area contributed by atoms with Crippen molar-refractivity contribution in [1.29, 1.82) is 0 Å². The van der Waals surface area contributed by atoms with Crippen molar-refractivity contribution in [3.05, 3.63) is 35.8 Å². The van der Waals surface area contributed by atoms with Crippen LogP contribution in [0.3, 0.4) is 0 Å². The fourth-order valence-electron chi connectivity index (χ4n) is 4.34. The van der Waals surface area contributed by atoms with E-state index in [1.54, 1.807) is 13.3 Å². The molecular formula is C21H29N5O3S. The Morgan fingerprint density at radius 2 is 2.23 bits per heavy atom. The Morgan fingerprint density at radius 3 is 2.87 bits per heavy atom. The summed E-state index contributed by atoms with van der Waals surface area (Å²) in [6.07, 6.45) is 4.23. The Kier molecular flexibility index (Phi) is 6.50. The first kappa shape index (κ1) is 21.0. The summed E-state index contributed by atoms with van der Waals surface area (Å²) in [7, 11) is 1.63. The summed E-state index contributed by atoms with van der Waals surface area (Å²) >= 11 is 1.28. The lowest BCUT2D eigenvalue weighted by Crippen LogP contribution is -2.52. The van der Waals surface area contributed by atoms with Gasteiger partial charge in [-0.05, 0) is 61.8 Å². The van der Waals surface area contributed by atoms with Gasteiger partial charge in [0.1, 0.15) is 10.8 Å². The third-order valence-electron chi connectivity index (χ3n) is 5.98. The van der Waals surface area contributed by atoms with Crippen molar-refractivity contribution in [3.8, 4) is 5.75 Å². The van der Waals surface area contributed by atoms with E-state index in [1.165, 1.54) is 11.5 Å². The highest BCUT2D eigenvalue weighted by atomic mass is 32.1. The first-order chi connectivity index (χ1) is 14.5. The lowest BCUT2D eigenvalue weighted by molar-refractivity contribution is 0.0180. The maximum Gasteiger partial charge on any atom is 0.320 e. The molecule has 0 unspecified atom stereocenters. The van der Waals surface area contributed by atoms with Crippen LogP contribution in [0.2, 0.25) is 0 Å². The predicted molar refractivity (Wildman–Crippen MR) is 116 cm³/mol. The van der Waals surface area contributed by atoms with E-state index in [9.17, 15) is 9.90 Å². The molecule has 1 aliphatic heterocycles. The van der Waals surface area contributed by atoms with Gasteiger partial charge in [-0.15, -0.1) is 0 Å². The first-order valence-corrected chi connectivity index (χ1v) is 11.2. The molecule has 2 aromatic heterocycles. The number of piperidine rings is 1. The largest absolute Gasteiger partial charge is 0.495 e. The lowest BCUT2D eigenvalue weighted by atomic mass is 9.81. The summed E-state index contributed by atoms with van der Waals surface area (Å²) in [5.74, 6) is 1.37. The number of likely N-dealkylation sites (tertiary alicyclic amines) is 1. The minimum atomic E-state index is -0.210. The van der Waals surface area contributed by atoms with Gasteiger partial charge in [-0.25, -0.2) is 4.79 Å². The van der Waals surface area contributed by atoms with Gasteiger partial charge in [0.05, 0.1) is 25.1 Å². The third kappa shape index (κ3) is 5.08. The van der Waals surface area contributed by atoms with E-state index in [0.29, 0.717) is 5.92 Å². The van der Waals surface area contributed by atoms with Crippen molar-refractivity contribution >= 4 is 22.6 Å². The highest BCUT2D eigenvalue weighted by molar-refractivity contribution is 7.10. The summed E-state index contributed by atoms with van der Waals surface area (Å²) < 4.78 is 9.45. The number of nitrogens with zero attached hydrogens (tertiary/aromatic N) is 3. The average molecular weight is 432 g/mol. The van der Waals surface area contributed by atoms with Crippen LogP contribution in [0.5, 0.6) is 5.75 Å². The molecule has 9 heteroatoms. The monoisotopic (exact) mass is 431 g/mol. The lowest BCUT2D eigenvalue weighted by Gasteiger charge is -2.42. The number of nitrogens with one attached hydrogen (secondary N) is 2. The van der Waals surface area contributed by atoms with Crippen molar-refractivity contribution in [2.45, 2.75) is 44.2 Å². The van der Waals surface area contributed by atoms with E-state index in [2.05, 4.69) is 24.9 Å². The molecule has 0 spiro atoms. The van der Waals surface area contributed by atoms with E-state index in [1.807, 2.05) is 25.1 Å². The molecule has 2 atom stereocenters. The molecule has 2 aliphatic rings. The van der Waals surface area contributed by atoms with Crippen molar-refractivity contribution in [3.63, 3.8) is 0 Å². The Morgan fingerprint density at radius 1 is 1.40 bits per heavy atom. The fraction of sp³-hybridized carbons (Fsp3) is 0.571. The molecule has 3 N–H and O–H groups in total. The highest BCUT2D eigenvalue weighted by Gasteiger charge is 2.35. The van der Waals surface area contributed by atoms with Crippen LogP contribution in [0.4, 0.5) is 9.80 Å². The smallest absolute Gasteiger partial charge is 0.320 e. The van der Waals surface area contributed by atoms with Crippen LogP contribution < -0.4 is 15.4 Å². The number of aromatic nitrogens is 2. The predicted octanol–water partition coefficient (Wildman–Crippen LogP) is 2.61. The molecule has 4 rings (SSSR count). The van der Waals surface area contributed by atoms with Crippen molar-refractivity contribution < 1.29 is 14.6 Å². The van der Waals surface area contributed by atoms with Crippen LogP contribution in [0.1, 0.15) is 36.6 Å². The summed E-state index contributed by atoms with van der Waals surface area (Å²) in [5, 5.41) is 16.4. The number of rotatable bonds is 6. The molecule has 8 nitrogen and oxygen atoms in total. The van der Waals surface area contributed by atoms with E-state index in [4.69, 9.17) is 4.74 Å². The number of ether oxygens (including phenoxy) is 1. The Balaban J connectivity index is 1.43. The Labute approximate surface area is 180 Å². The second-order valence-electron chi connectivity index (χ2n) is 8.31.